The lowest BCUT2D eigenvalue weighted by molar-refractivity contribution is -0.148. The number of carbonyl (C=O) groups is 3. The highest BCUT2D eigenvalue weighted by atomic mass is 32.1. The number of aryl methyl sites for hydroxylation is 2. The molecular formula is C19H24N2O4S. The normalized spacial score (nSPS) is 15.7. The van der Waals surface area contributed by atoms with E-state index in [9.17, 15) is 19.6 Å². The van der Waals surface area contributed by atoms with E-state index >= 15 is 0 Å². The van der Waals surface area contributed by atoms with Gasteiger partial charge in [0, 0.05) is 21.7 Å². The molecule has 1 aliphatic carbocycles. The number of hydrogen-bond acceptors (Lipinski definition) is 6. The van der Waals surface area contributed by atoms with Gasteiger partial charge < -0.3 is 10.1 Å². The maximum Gasteiger partial charge on any atom is 0.306 e. The molecule has 0 unspecified atom stereocenters. The Morgan fingerprint density at radius 1 is 1.23 bits per heavy atom. The molecule has 6 nitrogen and oxygen atoms in total. The molecule has 0 spiro atoms. The first-order chi connectivity index (χ1) is 12.3. The molecule has 2 rings (SSSR count). The summed E-state index contributed by atoms with van der Waals surface area (Å²) in [4.78, 5) is 37.9. The Hall–Kier alpha value is -2.20. The lowest BCUT2D eigenvalue weighted by atomic mass is 9.83. The number of esters is 1. The van der Waals surface area contributed by atoms with Crippen molar-refractivity contribution in [2.75, 3.05) is 6.61 Å². The van der Waals surface area contributed by atoms with E-state index < -0.39 is 24.0 Å². The summed E-state index contributed by atoms with van der Waals surface area (Å²) in [5, 5.41) is 12.0. The molecule has 1 fully saturated rings. The second-order valence-electron chi connectivity index (χ2n) is 6.71. The van der Waals surface area contributed by atoms with Crippen molar-refractivity contribution in [3.8, 4) is 6.07 Å². The molecule has 1 aromatic heterocycles. The van der Waals surface area contributed by atoms with Crippen molar-refractivity contribution in [2.24, 2.45) is 0 Å². The van der Waals surface area contributed by atoms with Gasteiger partial charge in [-0.3, -0.25) is 14.4 Å². The minimum atomic E-state index is -0.841. The van der Waals surface area contributed by atoms with Crippen molar-refractivity contribution in [1.82, 2.24) is 5.32 Å². The van der Waals surface area contributed by atoms with E-state index in [1.54, 1.807) is 11.3 Å². The van der Waals surface area contributed by atoms with Crippen molar-refractivity contribution in [2.45, 2.75) is 64.3 Å². The van der Waals surface area contributed by atoms with Gasteiger partial charge in [-0.25, -0.2) is 0 Å². The van der Waals surface area contributed by atoms with Gasteiger partial charge in [0.25, 0.3) is 5.91 Å². The van der Waals surface area contributed by atoms with Crippen LogP contribution in [0.4, 0.5) is 0 Å². The van der Waals surface area contributed by atoms with Crippen LogP contribution in [0.15, 0.2) is 6.07 Å². The summed E-state index contributed by atoms with van der Waals surface area (Å²) >= 11 is 1.55. The number of amides is 1. The van der Waals surface area contributed by atoms with Crippen LogP contribution in [0.25, 0.3) is 0 Å². The maximum absolute atomic E-state index is 12.1. The van der Waals surface area contributed by atoms with Gasteiger partial charge in [0.1, 0.15) is 5.54 Å². The molecule has 0 radical (unpaired) electrons. The molecule has 26 heavy (non-hydrogen) atoms. The van der Waals surface area contributed by atoms with Crippen LogP contribution in [0.1, 0.15) is 65.1 Å². The van der Waals surface area contributed by atoms with E-state index in [0.717, 1.165) is 29.0 Å². The highest BCUT2D eigenvalue weighted by molar-refractivity contribution is 7.12. The smallest absolute Gasteiger partial charge is 0.306 e. The Kier molecular flexibility index (Phi) is 6.92. The molecule has 1 aromatic rings. The second-order valence-corrected chi connectivity index (χ2v) is 8.17. The van der Waals surface area contributed by atoms with Gasteiger partial charge in [-0.2, -0.15) is 5.26 Å². The molecule has 7 heteroatoms. The Bertz CT molecular complexity index is 726. The van der Waals surface area contributed by atoms with Gasteiger partial charge in [-0.15, -0.1) is 11.3 Å². The van der Waals surface area contributed by atoms with Crippen LogP contribution < -0.4 is 5.32 Å². The van der Waals surface area contributed by atoms with Crippen molar-refractivity contribution in [3.05, 3.63) is 21.4 Å². The molecule has 1 heterocycles. The summed E-state index contributed by atoms with van der Waals surface area (Å²) in [6.45, 7) is 3.39. The number of nitriles is 1. The zero-order chi connectivity index (χ0) is 19.2. The average molecular weight is 376 g/mol. The van der Waals surface area contributed by atoms with E-state index in [-0.39, 0.29) is 18.6 Å². The first kappa shape index (κ1) is 20.1. The Morgan fingerprint density at radius 3 is 2.50 bits per heavy atom. The fourth-order valence-electron chi connectivity index (χ4n) is 3.20. The van der Waals surface area contributed by atoms with Crippen molar-refractivity contribution in [3.63, 3.8) is 0 Å². The third-order valence-electron chi connectivity index (χ3n) is 4.56. The van der Waals surface area contributed by atoms with Gasteiger partial charge in [-0.1, -0.05) is 19.3 Å². The fourth-order valence-corrected chi connectivity index (χ4v) is 4.14. The second kappa shape index (κ2) is 8.95. The molecule has 140 valence electrons. The monoisotopic (exact) mass is 376 g/mol. The topological polar surface area (TPSA) is 96.3 Å². The van der Waals surface area contributed by atoms with E-state index in [4.69, 9.17) is 4.74 Å². The first-order valence-electron chi connectivity index (χ1n) is 8.83. The SMILES string of the molecule is Cc1cc(C(=O)CCC(=O)OCC(=O)NC2(C#N)CCCCC2)c(C)s1. The van der Waals surface area contributed by atoms with Gasteiger partial charge in [0.2, 0.25) is 0 Å². The fraction of sp³-hybridized carbons (Fsp3) is 0.579. The molecule has 1 amide bonds. The minimum absolute atomic E-state index is 0.0552. The number of Topliss-reactive ketones (excluding diaryl/α,β-unsaturated/α-hetero) is 1. The number of nitrogens with zero attached hydrogens (tertiary/aromatic N) is 1. The lowest BCUT2D eigenvalue weighted by Crippen LogP contribution is -2.50. The number of ether oxygens (including phenoxy) is 1. The largest absolute Gasteiger partial charge is 0.456 e. The van der Waals surface area contributed by atoms with Crippen molar-refractivity contribution in [1.29, 1.82) is 5.26 Å². The van der Waals surface area contributed by atoms with Crippen molar-refractivity contribution >= 4 is 29.0 Å². The zero-order valence-corrected chi connectivity index (χ0v) is 16.0. The van der Waals surface area contributed by atoms with Crippen LogP contribution in [-0.2, 0) is 14.3 Å². The number of rotatable bonds is 7. The summed E-state index contributed by atoms with van der Waals surface area (Å²) < 4.78 is 4.95. The Balaban J connectivity index is 1.74. The summed E-state index contributed by atoms with van der Waals surface area (Å²) in [6.07, 6.45) is 4.09. The summed E-state index contributed by atoms with van der Waals surface area (Å²) in [6, 6.07) is 4.01. The number of carbonyl (C=O) groups excluding carboxylic acids is 3. The Labute approximate surface area is 157 Å². The highest BCUT2D eigenvalue weighted by Gasteiger charge is 2.33. The standard InChI is InChI=1S/C19H24N2O4S/c1-13-10-15(14(2)26-13)16(22)6-7-18(24)25-11-17(23)21-19(12-20)8-4-3-5-9-19/h10H,3-9,11H2,1-2H3,(H,21,23). The molecule has 0 atom stereocenters. The van der Waals surface area contributed by atoms with Crippen LogP contribution in [0.3, 0.4) is 0 Å². The van der Waals surface area contributed by atoms with Gasteiger partial charge in [-0.05, 0) is 32.8 Å². The van der Waals surface area contributed by atoms with Crippen LogP contribution >= 0.6 is 11.3 Å². The summed E-state index contributed by atoms with van der Waals surface area (Å²) in [5.74, 6) is -1.16. The van der Waals surface area contributed by atoms with Crippen LogP contribution in [0.5, 0.6) is 0 Å². The van der Waals surface area contributed by atoms with Crippen LogP contribution in [-0.4, -0.2) is 29.8 Å². The molecule has 1 saturated carbocycles. The third kappa shape index (κ3) is 5.40. The lowest BCUT2D eigenvalue weighted by Gasteiger charge is -2.31. The highest BCUT2D eigenvalue weighted by Crippen LogP contribution is 2.27. The third-order valence-corrected chi connectivity index (χ3v) is 5.53. The zero-order valence-electron chi connectivity index (χ0n) is 15.2. The molecule has 0 saturated heterocycles. The summed E-state index contributed by atoms with van der Waals surface area (Å²) in [5.41, 5.74) is -0.197. The number of hydrogen-bond donors (Lipinski definition) is 1. The van der Waals surface area contributed by atoms with Gasteiger partial charge in [0.15, 0.2) is 12.4 Å². The molecule has 1 aliphatic rings. The molecular weight excluding hydrogens is 352 g/mol. The van der Waals surface area contributed by atoms with Gasteiger partial charge >= 0.3 is 5.97 Å². The van der Waals surface area contributed by atoms with Gasteiger partial charge in [0.05, 0.1) is 12.5 Å². The molecule has 0 aliphatic heterocycles. The predicted octanol–water partition coefficient (Wildman–Crippen LogP) is 3.21. The van der Waals surface area contributed by atoms with E-state index in [0.29, 0.717) is 18.4 Å². The number of nitrogens with one attached hydrogen (secondary N) is 1. The molecule has 0 aromatic carbocycles. The minimum Gasteiger partial charge on any atom is -0.456 e. The average Bonchev–Trinajstić information content (AvgIpc) is 2.97. The molecule has 1 N–H and O–H groups in total. The van der Waals surface area contributed by atoms with E-state index in [1.807, 2.05) is 19.9 Å². The quantitative estimate of drug-likeness (QED) is 0.582. The molecule has 0 bridgehead atoms. The van der Waals surface area contributed by atoms with E-state index in [1.165, 1.54) is 0 Å². The van der Waals surface area contributed by atoms with Crippen LogP contribution in [0, 0.1) is 25.2 Å². The first-order valence-corrected chi connectivity index (χ1v) is 9.65. The van der Waals surface area contributed by atoms with E-state index in [2.05, 4.69) is 11.4 Å². The van der Waals surface area contributed by atoms with Crippen molar-refractivity contribution < 1.29 is 19.1 Å². The maximum atomic E-state index is 12.1. The predicted molar refractivity (Wildman–Crippen MR) is 97.9 cm³/mol. The Morgan fingerprint density at radius 2 is 1.92 bits per heavy atom. The number of ketones is 1. The summed E-state index contributed by atoms with van der Waals surface area (Å²) in [7, 11) is 0. The number of thiophene rings is 1. The van der Waals surface area contributed by atoms with Crippen LogP contribution in [0.2, 0.25) is 0 Å².